The fraction of sp³-hybridized carbons (Fsp3) is 0.167. The number of fused-ring (bicyclic) bond motifs is 1. The first-order chi connectivity index (χ1) is 8.84. The van der Waals surface area contributed by atoms with Crippen LogP contribution in [0.3, 0.4) is 0 Å². The highest BCUT2D eigenvalue weighted by Crippen LogP contribution is 2.19. The van der Waals surface area contributed by atoms with Gasteiger partial charge in [-0.1, -0.05) is 0 Å². The van der Waals surface area contributed by atoms with Gasteiger partial charge in [-0.3, -0.25) is 9.38 Å². The van der Waals surface area contributed by atoms with E-state index in [-0.39, 0.29) is 6.04 Å². The minimum atomic E-state index is 0.128. The zero-order valence-corrected chi connectivity index (χ0v) is 9.85. The van der Waals surface area contributed by atoms with E-state index < -0.39 is 0 Å². The lowest BCUT2D eigenvalue weighted by Gasteiger charge is -2.14. The van der Waals surface area contributed by atoms with Crippen LogP contribution in [0, 0.1) is 0 Å². The van der Waals surface area contributed by atoms with Crippen LogP contribution < -0.4 is 5.32 Å². The molecular formula is C12H12N6. The third kappa shape index (κ3) is 1.88. The lowest BCUT2D eigenvalue weighted by molar-refractivity contribution is 0.868. The zero-order valence-electron chi connectivity index (χ0n) is 9.85. The lowest BCUT2D eigenvalue weighted by Crippen LogP contribution is -2.09. The molecule has 6 nitrogen and oxygen atoms in total. The van der Waals surface area contributed by atoms with Gasteiger partial charge in [-0.15, -0.1) is 10.2 Å². The number of nitrogens with zero attached hydrogens (tertiary/aromatic N) is 5. The Balaban J connectivity index is 1.91. The highest BCUT2D eigenvalue weighted by molar-refractivity contribution is 5.62. The molecule has 18 heavy (non-hydrogen) atoms. The molecule has 0 fully saturated rings. The topological polar surface area (TPSA) is 68.0 Å². The highest BCUT2D eigenvalue weighted by Gasteiger charge is 2.09. The van der Waals surface area contributed by atoms with Gasteiger partial charge in [-0.05, 0) is 24.6 Å². The number of pyridine rings is 1. The van der Waals surface area contributed by atoms with Crippen molar-refractivity contribution >= 4 is 11.5 Å². The number of rotatable bonds is 3. The SMILES string of the molecule is CC(Nc1nccn2cnnc12)c1ccncc1. The second-order valence-electron chi connectivity index (χ2n) is 3.98. The van der Waals surface area contributed by atoms with Gasteiger partial charge in [-0.2, -0.15) is 0 Å². The normalized spacial score (nSPS) is 12.5. The quantitative estimate of drug-likeness (QED) is 0.754. The molecule has 0 spiro atoms. The summed E-state index contributed by atoms with van der Waals surface area (Å²) in [5, 5.41) is 11.2. The fourth-order valence-electron chi connectivity index (χ4n) is 1.80. The maximum atomic E-state index is 4.29. The van der Waals surface area contributed by atoms with Crippen molar-refractivity contribution in [2.45, 2.75) is 13.0 Å². The predicted molar refractivity (Wildman–Crippen MR) is 67.1 cm³/mol. The Labute approximate surface area is 104 Å². The van der Waals surface area contributed by atoms with E-state index in [9.17, 15) is 0 Å². The molecule has 3 aromatic rings. The molecule has 1 N–H and O–H groups in total. The Morgan fingerprint density at radius 2 is 2.06 bits per heavy atom. The monoisotopic (exact) mass is 240 g/mol. The average molecular weight is 240 g/mol. The summed E-state index contributed by atoms with van der Waals surface area (Å²) in [7, 11) is 0. The van der Waals surface area contributed by atoms with E-state index in [4.69, 9.17) is 0 Å². The molecule has 1 unspecified atom stereocenters. The summed E-state index contributed by atoms with van der Waals surface area (Å²) >= 11 is 0. The van der Waals surface area contributed by atoms with E-state index in [0.717, 1.165) is 17.0 Å². The molecule has 6 heteroatoms. The maximum Gasteiger partial charge on any atom is 0.203 e. The van der Waals surface area contributed by atoms with E-state index in [2.05, 4.69) is 32.4 Å². The molecule has 0 aromatic carbocycles. The van der Waals surface area contributed by atoms with Crippen LogP contribution in [-0.2, 0) is 0 Å². The second kappa shape index (κ2) is 4.40. The Kier molecular flexibility index (Phi) is 2.60. The Bertz CT molecular complexity index is 648. The van der Waals surface area contributed by atoms with Crippen LogP contribution in [0.2, 0.25) is 0 Å². The molecular weight excluding hydrogens is 228 g/mol. The van der Waals surface area contributed by atoms with Crippen molar-refractivity contribution in [1.29, 1.82) is 0 Å². The van der Waals surface area contributed by atoms with Crippen LogP contribution in [0.5, 0.6) is 0 Å². The minimum Gasteiger partial charge on any atom is -0.360 e. The summed E-state index contributed by atoms with van der Waals surface area (Å²) in [4.78, 5) is 8.30. The van der Waals surface area contributed by atoms with Gasteiger partial charge in [0.1, 0.15) is 6.33 Å². The van der Waals surface area contributed by atoms with Gasteiger partial charge < -0.3 is 5.32 Å². The maximum absolute atomic E-state index is 4.29. The van der Waals surface area contributed by atoms with Crippen molar-refractivity contribution < 1.29 is 0 Å². The molecule has 3 rings (SSSR count). The van der Waals surface area contributed by atoms with Gasteiger partial charge in [0.05, 0.1) is 6.04 Å². The summed E-state index contributed by atoms with van der Waals surface area (Å²) in [6, 6.07) is 4.08. The molecule has 0 bridgehead atoms. The van der Waals surface area contributed by atoms with Gasteiger partial charge in [-0.25, -0.2) is 4.98 Å². The van der Waals surface area contributed by atoms with Crippen LogP contribution >= 0.6 is 0 Å². The molecule has 0 amide bonds. The van der Waals surface area contributed by atoms with E-state index in [0.29, 0.717) is 0 Å². The predicted octanol–water partition coefficient (Wildman–Crippen LogP) is 1.69. The van der Waals surface area contributed by atoms with E-state index in [1.54, 1.807) is 24.9 Å². The van der Waals surface area contributed by atoms with Crippen molar-refractivity contribution in [3.8, 4) is 0 Å². The van der Waals surface area contributed by atoms with Crippen LogP contribution in [-0.4, -0.2) is 24.6 Å². The Morgan fingerprint density at radius 1 is 1.22 bits per heavy atom. The standard InChI is InChI=1S/C12H12N6/c1-9(10-2-4-13-5-3-10)16-11-12-17-15-8-18(12)7-6-14-11/h2-9H,1H3,(H,14,16). The third-order valence-electron chi connectivity index (χ3n) is 2.78. The third-order valence-corrected chi connectivity index (χ3v) is 2.78. The van der Waals surface area contributed by atoms with Crippen molar-refractivity contribution in [3.63, 3.8) is 0 Å². The first-order valence-electron chi connectivity index (χ1n) is 5.65. The van der Waals surface area contributed by atoms with Crippen LogP contribution in [0.15, 0.2) is 43.2 Å². The first kappa shape index (κ1) is 10.6. The lowest BCUT2D eigenvalue weighted by atomic mass is 10.1. The Morgan fingerprint density at radius 3 is 2.89 bits per heavy atom. The summed E-state index contributed by atoms with van der Waals surface area (Å²) in [6.45, 7) is 2.07. The number of aromatic nitrogens is 5. The number of nitrogens with one attached hydrogen (secondary N) is 1. The molecule has 0 aliphatic heterocycles. The van der Waals surface area contributed by atoms with Gasteiger partial charge in [0.2, 0.25) is 5.65 Å². The van der Waals surface area contributed by atoms with Crippen molar-refractivity contribution in [2.24, 2.45) is 0 Å². The van der Waals surface area contributed by atoms with Crippen molar-refractivity contribution in [2.75, 3.05) is 5.32 Å². The largest absolute Gasteiger partial charge is 0.360 e. The summed E-state index contributed by atoms with van der Waals surface area (Å²) < 4.78 is 1.83. The van der Waals surface area contributed by atoms with Crippen molar-refractivity contribution in [3.05, 3.63) is 48.8 Å². The summed E-state index contributed by atoms with van der Waals surface area (Å²) in [5.41, 5.74) is 1.87. The van der Waals surface area contributed by atoms with Gasteiger partial charge in [0.25, 0.3) is 0 Å². The molecule has 0 saturated heterocycles. The van der Waals surface area contributed by atoms with Gasteiger partial charge in [0, 0.05) is 24.8 Å². The average Bonchev–Trinajstić information content (AvgIpc) is 2.89. The molecule has 0 radical (unpaired) electrons. The highest BCUT2D eigenvalue weighted by atomic mass is 15.2. The number of anilines is 1. The van der Waals surface area contributed by atoms with E-state index in [1.807, 2.05) is 22.7 Å². The molecule has 0 saturated carbocycles. The second-order valence-corrected chi connectivity index (χ2v) is 3.98. The van der Waals surface area contributed by atoms with Gasteiger partial charge >= 0.3 is 0 Å². The summed E-state index contributed by atoms with van der Waals surface area (Å²) in [5.74, 6) is 0.722. The van der Waals surface area contributed by atoms with Gasteiger partial charge in [0.15, 0.2) is 5.82 Å². The molecule has 3 heterocycles. The molecule has 90 valence electrons. The zero-order chi connectivity index (χ0) is 12.4. The Hall–Kier alpha value is -2.50. The van der Waals surface area contributed by atoms with Crippen molar-refractivity contribution in [1.82, 2.24) is 24.6 Å². The smallest absolute Gasteiger partial charge is 0.203 e. The molecule has 1 atom stereocenters. The van der Waals surface area contributed by atoms with Crippen LogP contribution in [0.1, 0.15) is 18.5 Å². The minimum absolute atomic E-state index is 0.128. The summed E-state index contributed by atoms with van der Waals surface area (Å²) in [6.07, 6.45) is 8.74. The first-order valence-corrected chi connectivity index (χ1v) is 5.65. The number of hydrogen-bond acceptors (Lipinski definition) is 5. The van der Waals surface area contributed by atoms with E-state index in [1.165, 1.54) is 0 Å². The molecule has 3 aromatic heterocycles. The molecule has 0 aliphatic carbocycles. The fourth-order valence-corrected chi connectivity index (χ4v) is 1.80. The van der Waals surface area contributed by atoms with Crippen LogP contribution in [0.25, 0.3) is 5.65 Å². The molecule has 0 aliphatic rings. The van der Waals surface area contributed by atoms with E-state index >= 15 is 0 Å². The van der Waals surface area contributed by atoms with Crippen LogP contribution in [0.4, 0.5) is 5.82 Å². The number of hydrogen-bond donors (Lipinski definition) is 1.